The van der Waals surface area contributed by atoms with Crippen LogP contribution in [0.4, 0.5) is 0 Å². The lowest BCUT2D eigenvalue weighted by atomic mass is 10.1. The van der Waals surface area contributed by atoms with Gasteiger partial charge < -0.3 is 4.90 Å². The first-order valence-electron chi connectivity index (χ1n) is 6.60. The van der Waals surface area contributed by atoms with Gasteiger partial charge in [-0.3, -0.25) is 4.68 Å². The molecule has 1 heterocycles. The van der Waals surface area contributed by atoms with Crippen molar-refractivity contribution in [1.82, 2.24) is 19.4 Å². The van der Waals surface area contributed by atoms with Crippen LogP contribution in [0.15, 0.2) is 47.6 Å². The molecule has 0 radical (unpaired) electrons. The number of nitrogens with one attached hydrogen (secondary N) is 1. The van der Waals surface area contributed by atoms with Crippen molar-refractivity contribution in [1.29, 1.82) is 0 Å². The highest BCUT2D eigenvalue weighted by Gasteiger charge is 2.20. The van der Waals surface area contributed by atoms with Gasteiger partial charge in [0.05, 0.1) is 6.20 Å². The van der Waals surface area contributed by atoms with Gasteiger partial charge in [-0.1, -0.05) is 30.3 Å². The Bertz CT molecular complexity index is 680. The highest BCUT2D eigenvalue weighted by molar-refractivity contribution is 7.89. The van der Waals surface area contributed by atoms with Crippen LogP contribution >= 0.6 is 0 Å². The van der Waals surface area contributed by atoms with Crippen molar-refractivity contribution in [3.05, 3.63) is 48.3 Å². The van der Waals surface area contributed by atoms with E-state index in [1.807, 2.05) is 49.3 Å². The van der Waals surface area contributed by atoms with E-state index in [-0.39, 0.29) is 10.9 Å². The quantitative estimate of drug-likeness (QED) is 0.864. The summed E-state index contributed by atoms with van der Waals surface area (Å²) < 4.78 is 28.6. The topological polar surface area (TPSA) is 67.2 Å². The standard InChI is InChI=1S/C14H20N4O2S/c1-17(2)14(12-7-5-4-6-8-12)10-16-21(19,20)13-9-15-18(3)11-13/h4-9,11,14,16H,10H2,1-3H3/t14-/m0/s1. The second-order valence-electron chi connectivity index (χ2n) is 5.09. The molecule has 1 atom stereocenters. The lowest BCUT2D eigenvalue weighted by Crippen LogP contribution is -2.34. The lowest BCUT2D eigenvalue weighted by Gasteiger charge is -2.24. The number of benzene rings is 1. The van der Waals surface area contributed by atoms with E-state index in [2.05, 4.69) is 9.82 Å². The zero-order valence-corrected chi connectivity index (χ0v) is 13.2. The van der Waals surface area contributed by atoms with Gasteiger partial charge in [0.15, 0.2) is 0 Å². The molecule has 2 rings (SSSR count). The fourth-order valence-electron chi connectivity index (χ4n) is 2.08. The molecule has 21 heavy (non-hydrogen) atoms. The number of aryl methyl sites for hydroxylation is 1. The Morgan fingerprint density at radius 1 is 1.29 bits per heavy atom. The molecule has 0 saturated carbocycles. The van der Waals surface area contributed by atoms with Crippen LogP contribution < -0.4 is 4.72 Å². The zero-order chi connectivity index (χ0) is 15.5. The van der Waals surface area contributed by atoms with Gasteiger partial charge in [0.25, 0.3) is 0 Å². The Labute approximate surface area is 125 Å². The molecule has 0 fully saturated rings. The van der Waals surface area contributed by atoms with Crippen molar-refractivity contribution in [2.24, 2.45) is 7.05 Å². The minimum atomic E-state index is -3.54. The van der Waals surface area contributed by atoms with Gasteiger partial charge in [-0.25, -0.2) is 13.1 Å². The Kier molecular flexibility index (Phi) is 4.76. The number of rotatable bonds is 6. The molecule has 0 aliphatic rings. The van der Waals surface area contributed by atoms with Gasteiger partial charge >= 0.3 is 0 Å². The van der Waals surface area contributed by atoms with Gasteiger partial charge in [0.2, 0.25) is 10.0 Å². The van der Waals surface area contributed by atoms with Gasteiger partial charge in [-0.05, 0) is 19.7 Å². The molecule has 0 aliphatic heterocycles. The Morgan fingerprint density at radius 2 is 1.95 bits per heavy atom. The first kappa shape index (κ1) is 15.7. The van der Waals surface area contributed by atoms with Crippen LogP contribution in [0.3, 0.4) is 0 Å². The number of sulfonamides is 1. The summed E-state index contributed by atoms with van der Waals surface area (Å²) in [5, 5.41) is 3.89. The predicted octanol–water partition coefficient (Wildman–Crippen LogP) is 1.00. The van der Waals surface area contributed by atoms with E-state index >= 15 is 0 Å². The van der Waals surface area contributed by atoms with Crippen molar-refractivity contribution in [3.63, 3.8) is 0 Å². The van der Waals surface area contributed by atoms with Gasteiger partial charge in [0, 0.05) is 25.8 Å². The maximum Gasteiger partial charge on any atom is 0.243 e. The summed E-state index contributed by atoms with van der Waals surface area (Å²) in [6.45, 7) is 0.300. The van der Waals surface area contributed by atoms with E-state index in [9.17, 15) is 8.42 Å². The molecule has 0 saturated heterocycles. The van der Waals surface area contributed by atoms with Gasteiger partial charge in [-0.2, -0.15) is 5.10 Å². The molecule has 7 heteroatoms. The third-order valence-electron chi connectivity index (χ3n) is 3.27. The van der Waals surface area contributed by atoms with Crippen molar-refractivity contribution >= 4 is 10.0 Å². The minimum absolute atomic E-state index is 0.0300. The maximum absolute atomic E-state index is 12.2. The van der Waals surface area contributed by atoms with Crippen LogP contribution in [0.2, 0.25) is 0 Å². The summed E-state index contributed by atoms with van der Waals surface area (Å²) in [6, 6.07) is 9.78. The molecule has 6 nitrogen and oxygen atoms in total. The molecule has 1 aromatic carbocycles. The number of nitrogens with zero attached hydrogens (tertiary/aromatic N) is 3. The number of hydrogen-bond acceptors (Lipinski definition) is 4. The van der Waals surface area contributed by atoms with E-state index in [1.165, 1.54) is 17.1 Å². The normalized spacial score (nSPS) is 13.5. The molecule has 1 N–H and O–H groups in total. The zero-order valence-electron chi connectivity index (χ0n) is 12.4. The number of aromatic nitrogens is 2. The Hall–Kier alpha value is -1.70. The SMILES string of the molecule is CN(C)[C@@H](CNS(=O)(=O)c1cnn(C)c1)c1ccccc1. The fraction of sp³-hybridized carbons (Fsp3) is 0.357. The second-order valence-corrected chi connectivity index (χ2v) is 6.86. The summed E-state index contributed by atoms with van der Waals surface area (Å²) in [6.07, 6.45) is 2.82. The predicted molar refractivity (Wildman–Crippen MR) is 81.3 cm³/mol. The fourth-order valence-corrected chi connectivity index (χ4v) is 3.10. The Morgan fingerprint density at radius 3 is 2.48 bits per heavy atom. The highest BCUT2D eigenvalue weighted by atomic mass is 32.2. The van der Waals surface area contributed by atoms with Crippen molar-refractivity contribution in [2.75, 3.05) is 20.6 Å². The first-order chi connectivity index (χ1) is 9.90. The van der Waals surface area contributed by atoms with Crippen LogP contribution in [0.25, 0.3) is 0 Å². The van der Waals surface area contributed by atoms with Crippen LogP contribution in [-0.4, -0.2) is 43.7 Å². The van der Waals surface area contributed by atoms with Crippen LogP contribution in [-0.2, 0) is 17.1 Å². The molecule has 0 amide bonds. The Balaban J connectivity index is 2.13. The summed E-state index contributed by atoms with van der Waals surface area (Å²) in [5.41, 5.74) is 1.07. The van der Waals surface area contributed by atoms with E-state index < -0.39 is 10.0 Å². The van der Waals surface area contributed by atoms with Gasteiger partial charge in [0.1, 0.15) is 4.90 Å². The third kappa shape index (κ3) is 3.90. The molecule has 0 unspecified atom stereocenters. The van der Waals surface area contributed by atoms with E-state index in [1.54, 1.807) is 7.05 Å². The smallest absolute Gasteiger partial charge is 0.243 e. The highest BCUT2D eigenvalue weighted by Crippen LogP contribution is 2.17. The third-order valence-corrected chi connectivity index (χ3v) is 4.64. The van der Waals surface area contributed by atoms with E-state index in [0.717, 1.165) is 5.56 Å². The van der Waals surface area contributed by atoms with Gasteiger partial charge in [-0.15, -0.1) is 0 Å². The average Bonchev–Trinajstić information content (AvgIpc) is 2.87. The van der Waals surface area contributed by atoms with Crippen LogP contribution in [0, 0.1) is 0 Å². The van der Waals surface area contributed by atoms with E-state index in [4.69, 9.17) is 0 Å². The summed E-state index contributed by atoms with van der Waals surface area (Å²) in [5.74, 6) is 0. The number of likely N-dealkylation sites (N-methyl/N-ethyl adjacent to an activating group) is 1. The van der Waals surface area contributed by atoms with Crippen molar-refractivity contribution < 1.29 is 8.42 Å². The van der Waals surface area contributed by atoms with Crippen molar-refractivity contribution in [2.45, 2.75) is 10.9 Å². The summed E-state index contributed by atoms with van der Waals surface area (Å²) >= 11 is 0. The maximum atomic E-state index is 12.2. The van der Waals surface area contributed by atoms with E-state index in [0.29, 0.717) is 6.54 Å². The molecule has 0 spiro atoms. The molecule has 0 aliphatic carbocycles. The molecular formula is C14H20N4O2S. The summed E-state index contributed by atoms with van der Waals surface area (Å²) in [7, 11) is 2.00. The molecular weight excluding hydrogens is 288 g/mol. The molecule has 0 bridgehead atoms. The van der Waals surface area contributed by atoms with Crippen molar-refractivity contribution in [3.8, 4) is 0 Å². The second kappa shape index (κ2) is 6.38. The summed E-state index contributed by atoms with van der Waals surface area (Å²) in [4.78, 5) is 2.16. The van der Waals surface area contributed by atoms with Crippen LogP contribution in [0.1, 0.15) is 11.6 Å². The lowest BCUT2D eigenvalue weighted by molar-refractivity contribution is 0.299. The average molecular weight is 308 g/mol. The monoisotopic (exact) mass is 308 g/mol. The van der Waals surface area contributed by atoms with Crippen LogP contribution in [0.5, 0.6) is 0 Å². The minimum Gasteiger partial charge on any atom is -0.301 e. The molecule has 114 valence electrons. The largest absolute Gasteiger partial charge is 0.301 e. The number of hydrogen-bond donors (Lipinski definition) is 1. The molecule has 1 aromatic heterocycles. The first-order valence-corrected chi connectivity index (χ1v) is 8.08. The molecule has 2 aromatic rings.